The molecule has 1 N–H and O–H groups in total. The zero-order chi connectivity index (χ0) is 12.1. The lowest BCUT2D eigenvalue weighted by molar-refractivity contribution is -0.147. The van der Waals surface area contributed by atoms with Crippen molar-refractivity contribution >= 4 is 17.6 Å². The Kier molecular flexibility index (Phi) is 5.91. The smallest absolute Gasteiger partial charge is 0.329 e. The Morgan fingerprint density at radius 2 is 2.13 bits per heavy atom. The maximum absolute atomic E-state index is 11.4. The van der Waals surface area contributed by atoms with Crippen molar-refractivity contribution in [3.05, 3.63) is 11.6 Å². The lowest BCUT2D eigenvalue weighted by Gasteiger charge is -2.26. The Morgan fingerprint density at radius 1 is 1.60 bits per heavy atom. The molecule has 0 spiro atoms. The van der Waals surface area contributed by atoms with Crippen LogP contribution in [0.4, 0.5) is 0 Å². The number of allylic oxidation sites excluding steroid dienone is 2. The molecular formula is C11H19ClO3. The molecule has 0 aliphatic rings. The van der Waals surface area contributed by atoms with Crippen molar-refractivity contribution in [1.29, 1.82) is 0 Å². The molecule has 0 saturated heterocycles. The number of ether oxygens (including phenoxy) is 1. The van der Waals surface area contributed by atoms with E-state index in [1.54, 1.807) is 0 Å². The minimum absolute atomic E-state index is 0.365. The fraction of sp³-hybridized carbons (Fsp3) is 0.727. The molecule has 0 aliphatic heterocycles. The number of halogens is 1. The molecule has 0 heterocycles. The summed E-state index contributed by atoms with van der Waals surface area (Å²) in [4.78, 5) is 10.1. The second kappa shape index (κ2) is 6.13. The van der Waals surface area contributed by atoms with E-state index in [2.05, 4.69) is 4.74 Å². The van der Waals surface area contributed by atoms with Crippen LogP contribution < -0.4 is 0 Å². The van der Waals surface area contributed by atoms with Crippen LogP contribution in [0.5, 0.6) is 0 Å². The summed E-state index contributed by atoms with van der Waals surface area (Å²) in [6, 6.07) is 0. The molecule has 4 heteroatoms. The number of aliphatic hydroxyl groups is 1. The van der Waals surface area contributed by atoms with Gasteiger partial charge in [0.2, 0.25) is 0 Å². The zero-order valence-electron chi connectivity index (χ0n) is 9.71. The summed E-state index contributed by atoms with van der Waals surface area (Å²) in [5.41, 5.74) is 1.16. The SMILES string of the molecule is COC(=O)C(Cl)(CCC=C(C)C)C(C)O. The normalized spacial score (nSPS) is 16.4. The highest BCUT2D eigenvalue weighted by Gasteiger charge is 2.41. The van der Waals surface area contributed by atoms with Gasteiger partial charge < -0.3 is 9.84 Å². The Morgan fingerprint density at radius 3 is 2.47 bits per heavy atom. The summed E-state index contributed by atoms with van der Waals surface area (Å²) in [5, 5.41) is 9.48. The second-order valence-electron chi connectivity index (χ2n) is 3.85. The lowest BCUT2D eigenvalue weighted by Crippen LogP contribution is -2.43. The maximum atomic E-state index is 11.4. The molecule has 0 saturated carbocycles. The maximum Gasteiger partial charge on any atom is 0.329 e. The Hall–Kier alpha value is -0.540. The number of hydrogen-bond donors (Lipinski definition) is 1. The van der Waals surface area contributed by atoms with Gasteiger partial charge in [-0.05, 0) is 33.6 Å². The van der Waals surface area contributed by atoms with Crippen LogP contribution in [-0.4, -0.2) is 29.2 Å². The van der Waals surface area contributed by atoms with Crippen LogP contribution in [0.1, 0.15) is 33.6 Å². The van der Waals surface area contributed by atoms with Gasteiger partial charge in [-0.3, -0.25) is 4.79 Å². The van der Waals surface area contributed by atoms with Crippen LogP contribution >= 0.6 is 11.6 Å². The van der Waals surface area contributed by atoms with E-state index in [-0.39, 0.29) is 0 Å². The van der Waals surface area contributed by atoms with E-state index in [0.29, 0.717) is 12.8 Å². The van der Waals surface area contributed by atoms with Gasteiger partial charge in [-0.1, -0.05) is 11.6 Å². The van der Waals surface area contributed by atoms with Crippen molar-refractivity contribution in [3.63, 3.8) is 0 Å². The molecular weight excluding hydrogens is 216 g/mol. The second-order valence-corrected chi connectivity index (χ2v) is 4.52. The van der Waals surface area contributed by atoms with Crippen LogP contribution in [0.2, 0.25) is 0 Å². The van der Waals surface area contributed by atoms with E-state index >= 15 is 0 Å². The van der Waals surface area contributed by atoms with Crippen molar-refractivity contribution in [1.82, 2.24) is 0 Å². The molecule has 0 radical (unpaired) electrons. The average molecular weight is 235 g/mol. The van der Waals surface area contributed by atoms with Gasteiger partial charge in [-0.15, -0.1) is 11.6 Å². The van der Waals surface area contributed by atoms with Crippen LogP contribution in [0.15, 0.2) is 11.6 Å². The van der Waals surface area contributed by atoms with Crippen LogP contribution in [0.3, 0.4) is 0 Å². The number of aliphatic hydroxyl groups excluding tert-OH is 1. The molecule has 3 nitrogen and oxygen atoms in total. The van der Waals surface area contributed by atoms with Crippen molar-refractivity contribution in [2.75, 3.05) is 7.11 Å². The molecule has 0 rings (SSSR count). The summed E-state index contributed by atoms with van der Waals surface area (Å²) in [6.07, 6.45) is 2.05. The van der Waals surface area contributed by atoms with E-state index in [4.69, 9.17) is 11.6 Å². The van der Waals surface area contributed by atoms with Gasteiger partial charge in [-0.25, -0.2) is 0 Å². The molecule has 0 aliphatic carbocycles. The summed E-state index contributed by atoms with van der Waals surface area (Å²) < 4.78 is 4.58. The van der Waals surface area contributed by atoms with E-state index in [0.717, 1.165) is 5.57 Å². The third-order valence-electron chi connectivity index (χ3n) is 2.25. The number of methoxy groups -OCH3 is 1. The van der Waals surface area contributed by atoms with Gasteiger partial charge in [0, 0.05) is 0 Å². The predicted molar refractivity (Wildman–Crippen MR) is 60.9 cm³/mol. The molecule has 2 atom stereocenters. The number of carbonyl (C=O) groups is 1. The molecule has 0 aromatic heterocycles. The summed E-state index contributed by atoms with van der Waals surface area (Å²) in [7, 11) is 1.27. The Bertz CT molecular complexity index is 244. The molecule has 0 aromatic rings. The third kappa shape index (κ3) is 4.22. The quantitative estimate of drug-likeness (QED) is 0.451. The van der Waals surface area contributed by atoms with Gasteiger partial charge in [0.25, 0.3) is 0 Å². The predicted octanol–water partition coefficient (Wildman–Crippen LogP) is 2.26. The third-order valence-corrected chi connectivity index (χ3v) is 2.91. The van der Waals surface area contributed by atoms with Gasteiger partial charge >= 0.3 is 5.97 Å². The molecule has 0 fully saturated rings. The highest BCUT2D eigenvalue weighted by atomic mass is 35.5. The Labute approximate surface area is 96.1 Å². The first-order valence-corrected chi connectivity index (χ1v) is 5.31. The summed E-state index contributed by atoms with van der Waals surface area (Å²) >= 11 is 6.05. The van der Waals surface area contributed by atoms with Gasteiger partial charge in [0.1, 0.15) is 0 Å². The minimum Gasteiger partial charge on any atom is -0.468 e. The lowest BCUT2D eigenvalue weighted by atomic mass is 9.96. The van der Waals surface area contributed by atoms with Gasteiger partial charge in [-0.2, -0.15) is 0 Å². The summed E-state index contributed by atoms with van der Waals surface area (Å²) in [6.45, 7) is 5.43. The van der Waals surface area contributed by atoms with E-state index in [1.807, 2.05) is 19.9 Å². The Balaban J connectivity index is 4.53. The summed E-state index contributed by atoms with van der Waals surface area (Å²) in [5.74, 6) is -0.582. The fourth-order valence-corrected chi connectivity index (χ4v) is 1.41. The van der Waals surface area contributed by atoms with E-state index in [1.165, 1.54) is 14.0 Å². The molecule has 88 valence electrons. The zero-order valence-corrected chi connectivity index (χ0v) is 10.5. The molecule has 2 unspecified atom stereocenters. The first-order valence-electron chi connectivity index (χ1n) is 4.93. The standard InChI is InChI=1S/C11H19ClO3/c1-8(2)6-5-7-11(12,9(3)13)10(14)15-4/h6,9,13H,5,7H2,1-4H3. The molecule has 0 amide bonds. The first-order chi connectivity index (χ1) is 6.84. The molecule has 0 bridgehead atoms. The van der Waals surface area contributed by atoms with E-state index < -0.39 is 16.9 Å². The fourth-order valence-electron chi connectivity index (χ4n) is 1.22. The van der Waals surface area contributed by atoms with E-state index in [9.17, 15) is 9.90 Å². The number of carbonyl (C=O) groups excluding carboxylic acids is 1. The number of rotatable bonds is 5. The highest BCUT2D eigenvalue weighted by Crippen LogP contribution is 2.28. The van der Waals surface area contributed by atoms with Gasteiger partial charge in [0.15, 0.2) is 4.87 Å². The average Bonchev–Trinajstić information content (AvgIpc) is 2.15. The highest BCUT2D eigenvalue weighted by molar-refractivity contribution is 6.34. The van der Waals surface area contributed by atoms with Crippen LogP contribution in [-0.2, 0) is 9.53 Å². The molecule has 0 aromatic carbocycles. The van der Waals surface area contributed by atoms with Crippen molar-refractivity contribution in [2.45, 2.75) is 44.6 Å². The number of hydrogen-bond acceptors (Lipinski definition) is 3. The van der Waals surface area contributed by atoms with Crippen LogP contribution in [0, 0.1) is 0 Å². The first kappa shape index (κ1) is 14.5. The van der Waals surface area contributed by atoms with Crippen LogP contribution in [0.25, 0.3) is 0 Å². The topological polar surface area (TPSA) is 46.5 Å². The largest absolute Gasteiger partial charge is 0.468 e. The minimum atomic E-state index is -1.33. The van der Waals surface area contributed by atoms with Crippen molar-refractivity contribution in [2.24, 2.45) is 0 Å². The monoisotopic (exact) mass is 234 g/mol. The number of esters is 1. The molecule has 15 heavy (non-hydrogen) atoms. The van der Waals surface area contributed by atoms with Crippen molar-refractivity contribution in [3.8, 4) is 0 Å². The number of alkyl halides is 1. The van der Waals surface area contributed by atoms with Crippen molar-refractivity contribution < 1.29 is 14.6 Å². The van der Waals surface area contributed by atoms with Gasteiger partial charge in [0.05, 0.1) is 13.2 Å².